The summed E-state index contributed by atoms with van der Waals surface area (Å²) in [7, 11) is 0. The lowest BCUT2D eigenvalue weighted by Gasteiger charge is -2.61. The van der Waals surface area contributed by atoms with E-state index in [4.69, 9.17) is 0 Å². The van der Waals surface area contributed by atoms with Crippen molar-refractivity contribution in [2.24, 2.45) is 52.3 Å². The standard InChI is InChI=1S/C33H53N/c1-23(2)10-9-11-24(3)29-16-17-30-28-15-14-25-22-27(34-26-12-7-6-8-13-26)18-20-32(25,4)31(28)19-21-33(29,30)5/h6-8,12-13,23-25,27-31,34H,9-11,14-22H2,1-5H3/t24-,25?,27+,28?,29-,30?,31?,32+,33-/m1/s1. The van der Waals surface area contributed by atoms with Gasteiger partial charge in [0.1, 0.15) is 0 Å². The molecule has 0 aromatic heterocycles. The van der Waals surface area contributed by atoms with Crippen LogP contribution in [0.3, 0.4) is 0 Å². The van der Waals surface area contributed by atoms with Crippen molar-refractivity contribution in [2.45, 2.75) is 118 Å². The average Bonchev–Trinajstić information content (AvgIpc) is 3.17. The number of fused-ring (bicyclic) bond motifs is 5. The van der Waals surface area contributed by atoms with Gasteiger partial charge in [-0.1, -0.05) is 72.1 Å². The van der Waals surface area contributed by atoms with Crippen molar-refractivity contribution >= 4 is 5.69 Å². The fraction of sp³-hybridized carbons (Fsp3) is 0.818. The van der Waals surface area contributed by atoms with Gasteiger partial charge >= 0.3 is 0 Å². The predicted molar refractivity (Wildman–Crippen MR) is 147 cm³/mol. The highest BCUT2D eigenvalue weighted by atomic mass is 14.9. The zero-order valence-electron chi connectivity index (χ0n) is 23.0. The maximum absolute atomic E-state index is 3.89. The molecule has 4 saturated carbocycles. The van der Waals surface area contributed by atoms with Crippen molar-refractivity contribution in [3.05, 3.63) is 30.3 Å². The molecule has 0 bridgehead atoms. The first-order valence-corrected chi connectivity index (χ1v) is 15.1. The lowest BCUT2D eigenvalue weighted by molar-refractivity contribution is -0.115. The molecule has 1 N–H and O–H groups in total. The summed E-state index contributed by atoms with van der Waals surface area (Å²) >= 11 is 0. The molecule has 5 rings (SSSR count). The van der Waals surface area contributed by atoms with E-state index in [-0.39, 0.29) is 0 Å². The summed E-state index contributed by atoms with van der Waals surface area (Å²) in [6, 6.07) is 11.6. The van der Waals surface area contributed by atoms with Crippen molar-refractivity contribution < 1.29 is 0 Å². The third-order valence-corrected chi connectivity index (χ3v) is 12.0. The molecule has 4 fully saturated rings. The molecule has 4 unspecified atom stereocenters. The highest BCUT2D eigenvalue weighted by Crippen LogP contribution is 2.68. The molecule has 190 valence electrons. The van der Waals surface area contributed by atoms with Gasteiger partial charge in [0, 0.05) is 11.7 Å². The van der Waals surface area contributed by atoms with Gasteiger partial charge in [-0.3, -0.25) is 0 Å². The highest BCUT2D eigenvalue weighted by molar-refractivity contribution is 5.43. The number of benzene rings is 1. The van der Waals surface area contributed by atoms with Crippen LogP contribution in [0.5, 0.6) is 0 Å². The van der Waals surface area contributed by atoms with E-state index >= 15 is 0 Å². The van der Waals surface area contributed by atoms with Crippen molar-refractivity contribution in [3.63, 3.8) is 0 Å². The van der Waals surface area contributed by atoms with E-state index in [0.29, 0.717) is 16.9 Å². The zero-order valence-corrected chi connectivity index (χ0v) is 23.0. The molecule has 34 heavy (non-hydrogen) atoms. The zero-order chi connectivity index (χ0) is 23.9. The summed E-state index contributed by atoms with van der Waals surface area (Å²) in [6.45, 7) is 12.9. The second-order valence-corrected chi connectivity index (χ2v) is 14.2. The Morgan fingerprint density at radius 3 is 2.32 bits per heavy atom. The lowest BCUT2D eigenvalue weighted by atomic mass is 9.44. The number of para-hydroxylation sites is 1. The van der Waals surface area contributed by atoms with E-state index in [0.717, 1.165) is 41.4 Å². The lowest BCUT2D eigenvalue weighted by Crippen LogP contribution is -2.54. The molecule has 0 aliphatic heterocycles. The molecule has 1 nitrogen and oxygen atoms in total. The molecule has 4 aliphatic rings. The van der Waals surface area contributed by atoms with Crippen LogP contribution in [0.2, 0.25) is 0 Å². The molecule has 0 saturated heterocycles. The number of anilines is 1. The monoisotopic (exact) mass is 463 g/mol. The van der Waals surface area contributed by atoms with Crippen LogP contribution in [-0.2, 0) is 0 Å². The highest BCUT2D eigenvalue weighted by Gasteiger charge is 2.60. The van der Waals surface area contributed by atoms with E-state index in [1.54, 1.807) is 0 Å². The Hall–Kier alpha value is -0.980. The van der Waals surface area contributed by atoms with E-state index in [1.165, 1.54) is 82.7 Å². The summed E-state index contributed by atoms with van der Waals surface area (Å²) in [5, 5.41) is 3.89. The minimum absolute atomic E-state index is 0.597. The van der Waals surface area contributed by atoms with Crippen molar-refractivity contribution in [1.29, 1.82) is 0 Å². The van der Waals surface area contributed by atoms with Gasteiger partial charge in [0.05, 0.1) is 0 Å². The Morgan fingerprint density at radius 2 is 1.56 bits per heavy atom. The van der Waals surface area contributed by atoms with Gasteiger partial charge in [0.15, 0.2) is 0 Å². The normalized spacial score (nSPS) is 42.5. The molecule has 1 heteroatoms. The van der Waals surface area contributed by atoms with Crippen LogP contribution in [0.25, 0.3) is 0 Å². The fourth-order valence-corrected chi connectivity index (χ4v) is 10.2. The van der Waals surface area contributed by atoms with Crippen LogP contribution in [0, 0.1) is 52.3 Å². The Labute approximate surface area is 211 Å². The Balaban J connectivity index is 1.24. The topological polar surface area (TPSA) is 12.0 Å². The van der Waals surface area contributed by atoms with Gasteiger partial charge in [0.25, 0.3) is 0 Å². The van der Waals surface area contributed by atoms with Gasteiger partial charge in [-0.15, -0.1) is 0 Å². The third-order valence-electron chi connectivity index (χ3n) is 12.0. The second kappa shape index (κ2) is 9.82. The smallest absolute Gasteiger partial charge is 0.0342 e. The fourth-order valence-electron chi connectivity index (χ4n) is 10.2. The van der Waals surface area contributed by atoms with E-state index in [1.807, 2.05) is 0 Å². The molecular formula is C33H53N. The number of rotatable bonds is 7. The van der Waals surface area contributed by atoms with E-state index in [9.17, 15) is 0 Å². The average molecular weight is 464 g/mol. The Kier molecular flexibility index (Phi) is 7.13. The summed E-state index contributed by atoms with van der Waals surface area (Å²) < 4.78 is 0. The minimum Gasteiger partial charge on any atom is -0.382 e. The van der Waals surface area contributed by atoms with E-state index in [2.05, 4.69) is 70.3 Å². The SMILES string of the molecule is CC(C)CCC[C@@H](C)[C@H]1CCC2C3CCC4C[C@@H](Nc5ccccc5)CC[C@]4(C)C3CC[C@@]21C. The van der Waals surface area contributed by atoms with Crippen LogP contribution < -0.4 is 5.32 Å². The van der Waals surface area contributed by atoms with Crippen LogP contribution in [0.4, 0.5) is 5.69 Å². The quantitative estimate of drug-likeness (QED) is 0.424. The molecule has 1 aromatic carbocycles. The Morgan fingerprint density at radius 1 is 0.824 bits per heavy atom. The maximum Gasteiger partial charge on any atom is 0.0342 e. The van der Waals surface area contributed by atoms with Gasteiger partial charge in [-0.05, 0) is 122 Å². The molecule has 0 spiro atoms. The van der Waals surface area contributed by atoms with Crippen molar-refractivity contribution in [2.75, 3.05) is 5.32 Å². The van der Waals surface area contributed by atoms with Crippen molar-refractivity contribution in [3.8, 4) is 0 Å². The number of nitrogens with one attached hydrogen (secondary N) is 1. The summed E-state index contributed by atoms with van der Waals surface area (Å²) in [4.78, 5) is 0. The minimum atomic E-state index is 0.597. The first kappa shape index (κ1) is 24.7. The van der Waals surface area contributed by atoms with Gasteiger partial charge in [-0.25, -0.2) is 0 Å². The second-order valence-electron chi connectivity index (χ2n) is 14.2. The molecule has 0 heterocycles. The molecule has 9 atom stereocenters. The van der Waals surface area contributed by atoms with Gasteiger partial charge < -0.3 is 5.32 Å². The van der Waals surface area contributed by atoms with Crippen LogP contribution in [-0.4, -0.2) is 6.04 Å². The van der Waals surface area contributed by atoms with Gasteiger partial charge in [-0.2, -0.15) is 0 Å². The van der Waals surface area contributed by atoms with Crippen LogP contribution in [0.1, 0.15) is 112 Å². The van der Waals surface area contributed by atoms with E-state index < -0.39 is 0 Å². The van der Waals surface area contributed by atoms with Crippen LogP contribution >= 0.6 is 0 Å². The van der Waals surface area contributed by atoms with Crippen molar-refractivity contribution in [1.82, 2.24) is 0 Å². The Bertz CT molecular complexity index is 800. The maximum atomic E-state index is 3.89. The summed E-state index contributed by atoms with van der Waals surface area (Å²) in [5.41, 5.74) is 2.55. The predicted octanol–water partition coefficient (Wildman–Crippen LogP) is 9.59. The molecule has 0 amide bonds. The van der Waals surface area contributed by atoms with Crippen LogP contribution in [0.15, 0.2) is 30.3 Å². The third kappa shape index (κ3) is 4.48. The summed E-state index contributed by atoms with van der Waals surface area (Å²) in [6.07, 6.45) is 17.7. The molecular weight excluding hydrogens is 410 g/mol. The first-order valence-electron chi connectivity index (χ1n) is 15.1. The molecule has 4 aliphatic carbocycles. The first-order chi connectivity index (χ1) is 16.3. The molecule has 1 aromatic rings. The number of hydrogen-bond donors (Lipinski definition) is 1. The molecule has 0 radical (unpaired) electrons. The summed E-state index contributed by atoms with van der Waals surface area (Å²) in [5.74, 6) is 6.74. The largest absolute Gasteiger partial charge is 0.382 e. The number of hydrogen-bond acceptors (Lipinski definition) is 1. The van der Waals surface area contributed by atoms with Gasteiger partial charge in [0.2, 0.25) is 0 Å².